The first-order chi connectivity index (χ1) is 5.93. The van der Waals surface area contributed by atoms with E-state index >= 15 is 0 Å². The van der Waals surface area contributed by atoms with Crippen molar-refractivity contribution in [2.45, 2.75) is 37.9 Å². The van der Waals surface area contributed by atoms with E-state index in [0.29, 0.717) is 0 Å². The Hall–Kier alpha value is -0.170. The van der Waals surface area contributed by atoms with Crippen LogP contribution in [0, 0.1) is 0 Å². The summed E-state index contributed by atoms with van der Waals surface area (Å²) in [6.07, 6.45) is 14.2. The lowest BCUT2D eigenvalue weighted by Gasteiger charge is -1.89. The minimum Gasteiger partial charge on any atom is -0.152 e. The van der Waals surface area contributed by atoms with E-state index in [-0.39, 0.29) is 0 Å². The molecule has 0 radical (unpaired) electrons. The standard InChI is InChI=1S/C11H18S/c1-2-3-4-5-6-7-8-9-11-10-12-11/h6-9,11H,2-5,10H2,1H3. The third-order valence-electron chi connectivity index (χ3n) is 1.91. The maximum absolute atomic E-state index is 2.29. The Balaban J connectivity index is 1.90. The summed E-state index contributed by atoms with van der Waals surface area (Å²) in [6.45, 7) is 2.24. The van der Waals surface area contributed by atoms with Crippen LogP contribution < -0.4 is 0 Å². The Morgan fingerprint density at radius 1 is 1.33 bits per heavy atom. The molecule has 0 saturated carbocycles. The van der Waals surface area contributed by atoms with Crippen LogP contribution in [0.3, 0.4) is 0 Å². The smallest absolute Gasteiger partial charge is 0.0321 e. The second-order valence-electron chi connectivity index (χ2n) is 3.18. The van der Waals surface area contributed by atoms with Gasteiger partial charge in [-0.15, -0.1) is 0 Å². The van der Waals surface area contributed by atoms with Crippen LogP contribution in [0.15, 0.2) is 24.3 Å². The van der Waals surface area contributed by atoms with Crippen LogP contribution in [0.2, 0.25) is 0 Å². The van der Waals surface area contributed by atoms with Gasteiger partial charge in [0.2, 0.25) is 0 Å². The van der Waals surface area contributed by atoms with Gasteiger partial charge < -0.3 is 0 Å². The molecule has 0 amide bonds. The summed E-state index contributed by atoms with van der Waals surface area (Å²) in [4.78, 5) is 0. The molecule has 12 heavy (non-hydrogen) atoms. The largest absolute Gasteiger partial charge is 0.152 e. The maximum atomic E-state index is 2.29. The van der Waals surface area contributed by atoms with Crippen LogP contribution in [0.4, 0.5) is 0 Å². The fourth-order valence-corrected chi connectivity index (χ4v) is 1.47. The average Bonchev–Trinajstić information content (AvgIpc) is 2.87. The Morgan fingerprint density at radius 2 is 2.17 bits per heavy atom. The van der Waals surface area contributed by atoms with Crippen molar-refractivity contribution in [3.05, 3.63) is 24.3 Å². The highest BCUT2D eigenvalue weighted by Crippen LogP contribution is 2.30. The number of allylic oxidation sites excluding steroid dienone is 3. The maximum Gasteiger partial charge on any atom is 0.0321 e. The Kier molecular flexibility index (Phi) is 5.25. The molecule has 0 aliphatic carbocycles. The minimum atomic E-state index is 0.838. The Bertz CT molecular complexity index is 154. The molecule has 1 aliphatic rings. The number of thioether (sulfide) groups is 1. The molecular formula is C11H18S. The molecule has 0 spiro atoms. The van der Waals surface area contributed by atoms with Gasteiger partial charge in [-0.1, -0.05) is 44.1 Å². The van der Waals surface area contributed by atoms with Crippen molar-refractivity contribution >= 4 is 11.8 Å². The van der Waals surface area contributed by atoms with Crippen LogP contribution in [0.5, 0.6) is 0 Å². The van der Waals surface area contributed by atoms with Gasteiger partial charge in [0.05, 0.1) is 0 Å². The summed E-state index contributed by atoms with van der Waals surface area (Å²) in [5.41, 5.74) is 0. The van der Waals surface area contributed by atoms with E-state index in [4.69, 9.17) is 0 Å². The highest BCUT2D eigenvalue weighted by atomic mass is 32.2. The summed E-state index contributed by atoms with van der Waals surface area (Å²) < 4.78 is 0. The number of rotatable bonds is 6. The van der Waals surface area contributed by atoms with Gasteiger partial charge in [-0.25, -0.2) is 0 Å². The topological polar surface area (TPSA) is 0 Å². The fraction of sp³-hybridized carbons (Fsp3) is 0.636. The average molecular weight is 182 g/mol. The van der Waals surface area contributed by atoms with Crippen LogP contribution in [-0.4, -0.2) is 11.0 Å². The summed E-state index contributed by atoms with van der Waals surface area (Å²) >= 11 is 2.02. The number of unbranched alkanes of at least 4 members (excludes halogenated alkanes) is 3. The van der Waals surface area contributed by atoms with Crippen LogP contribution in [0.25, 0.3) is 0 Å². The molecule has 1 heterocycles. The zero-order valence-electron chi connectivity index (χ0n) is 7.83. The lowest BCUT2D eigenvalue weighted by molar-refractivity contribution is 0.729. The van der Waals surface area contributed by atoms with Crippen molar-refractivity contribution in [2.75, 3.05) is 5.75 Å². The molecule has 1 atom stereocenters. The number of hydrogen-bond donors (Lipinski definition) is 0. The summed E-state index contributed by atoms with van der Waals surface area (Å²) in [7, 11) is 0. The van der Waals surface area contributed by atoms with Crippen molar-refractivity contribution in [3.63, 3.8) is 0 Å². The van der Waals surface area contributed by atoms with Crippen LogP contribution >= 0.6 is 11.8 Å². The Labute approximate surface area is 80.1 Å². The highest BCUT2D eigenvalue weighted by molar-refractivity contribution is 8.07. The third kappa shape index (κ3) is 5.48. The predicted octanol–water partition coefficient (Wildman–Crippen LogP) is 3.79. The van der Waals surface area contributed by atoms with E-state index in [2.05, 4.69) is 31.2 Å². The Morgan fingerprint density at radius 3 is 2.83 bits per heavy atom. The summed E-state index contributed by atoms with van der Waals surface area (Å²) in [6, 6.07) is 0. The molecule has 1 heteroatoms. The molecule has 0 aromatic heterocycles. The van der Waals surface area contributed by atoms with Gasteiger partial charge in [-0.2, -0.15) is 11.8 Å². The minimum absolute atomic E-state index is 0.838. The summed E-state index contributed by atoms with van der Waals surface area (Å²) in [5, 5.41) is 0.838. The van der Waals surface area contributed by atoms with E-state index < -0.39 is 0 Å². The first-order valence-corrected chi connectivity index (χ1v) is 5.93. The second-order valence-corrected chi connectivity index (χ2v) is 4.45. The third-order valence-corrected chi connectivity index (χ3v) is 2.78. The molecule has 1 aliphatic heterocycles. The van der Waals surface area contributed by atoms with Gasteiger partial charge >= 0.3 is 0 Å². The molecule has 0 aromatic rings. The van der Waals surface area contributed by atoms with Gasteiger partial charge in [0.25, 0.3) is 0 Å². The fourth-order valence-electron chi connectivity index (χ4n) is 1.04. The van der Waals surface area contributed by atoms with Gasteiger partial charge in [-0.05, 0) is 12.8 Å². The lowest BCUT2D eigenvalue weighted by atomic mass is 10.2. The molecule has 1 unspecified atom stereocenters. The molecule has 1 saturated heterocycles. The molecule has 0 N–H and O–H groups in total. The first-order valence-electron chi connectivity index (χ1n) is 4.88. The number of hydrogen-bond acceptors (Lipinski definition) is 1. The molecule has 1 fully saturated rings. The van der Waals surface area contributed by atoms with Gasteiger partial charge in [-0.3, -0.25) is 0 Å². The van der Waals surface area contributed by atoms with Gasteiger partial charge in [0.15, 0.2) is 0 Å². The van der Waals surface area contributed by atoms with Gasteiger partial charge in [0, 0.05) is 11.0 Å². The van der Waals surface area contributed by atoms with Crippen molar-refractivity contribution in [1.29, 1.82) is 0 Å². The highest BCUT2D eigenvalue weighted by Gasteiger charge is 2.17. The first kappa shape index (κ1) is 9.91. The zero-order chi connectivity index (χ0) is 8.65. The van der Waals surface area contributed by atoms with E-state index in [9.17, 15) is 0 Å². The second kappa shape index (κ2) is 6.36. The molecule has 1 rings (SSSR count). The molecule has 0 bridgehead atoms. The van der Waals surface area contributed by atoms with Crippen molar-refractivity contribution in [2.24, 2.45) is 0 Å². The molecule has 0 aromatic carbocycles. The van der Waals surface area contributed by atoms with Crippen LogP contribution in [0.1, 0.15) is 32.6 Å². The normalized spacial score (nSPS) is 22.6. The quantitative estimate of drug-likeness (QED) is 0.342. The van der Waals surface area contributed by atoms with Crippen LogP contribution in [-0.2, 0) is 0 Å². The molecule has 0 nitrogen and oxygen atoms in total. The lowest BCUT2D eigenvalue weighted by Crippen LogP contribution is -1.71. The SMILES string of the molecule is CCCCCC=CC=CC1CS1. The van der Waals surface area contributed by atoms with E-state index in [1.165, 1.54) is 31.4 Å². The van der Waals surface area contributed by atoms with E-state index in [0.717, 1.165) is 5.25 Å². The van der Waals surface area contributed by atoms with Crippen molar-refractivity contribution in [3.8, 4) is 0 Å². The molecular weight excluding hydrogens is 164 g/mol. The van der Waals surface area contributed by atoms with E-state index in [1.807, 2.05) is 11.8 Å². The molecule has 68 valence electrons. The van der Waals surface area contributed by atoms with Crippen molar-refractivity contribution in [1.82, 2.24) is 0 Å². The van der Waals surface area contributed by atoms with Gasteiger partial charge in [0.1, 0.15) is 0 Å². The zero-order valence-corrected chi connectivity index (χ0v) is 8.65. The van der Waals surface area contributed by atoms with Crippen molar-refractivity contribution < 1.29 is 0 Å². The predicted molar refractivity (Wildman–Crippen MR) is 58.7 cm³/mol. The summed E-state index contributed by atoms with van der Waals surface area (Å²) in [5.74, 6) is 1.33. The monoisotopic (exact) mass is 182 g/mol. The van der Waals surface area contributed by atoms with E-state index in [1.54, 1.807) is 0 Å².